The number of carbonyl (C=O) groups excluding carboxylic acids is 1. The van der Waals surface area contributed by atoms with Crippen LogP contribution in [0.2, 0.25) is 5.02 Å². The molecule has 4 rings (SSSR count). The zero-order valence-electron chi connectivity index (χ0n) is 14.3. The van der Waals surface area contributed by atoms with Crippen molar-refractivity contribution in [1.82, 2.24) is 0 Å². The molecule has 1 fully saturated rings. The van der Waals surface area contributed by atoms with Crippen molar-refractivity contribution >= 4 is 57.6 Å². The molecular weight excluding hydrogens is 398 g/mol. The van der Waals surface area contributed by atoms with E-state index in [1.54, 1.807) is 11.0 Å². The summed E-state index contributed by atoms with van der Waals surface area (Å²) in [6.07, 6.45) is 1.72. The molecule has 3 nitrogen and oxygen atoms in total. The maximum absolute atomic E-state index is 12.8. The van der Waals surface area contributed by atoms with Gasteiger partial charge in [0, 0.05) is 16.7 Å². The minimum atomic E-state index is -0.144. The van der Waals surface area contributed by atoms with E-state index in [4.69, 9.17) is 28.2 Å². The van der Waals surface area contributed by atoms with Gasteiger partial charge in [0.2, 0.25) is 0 Å². The Kier molecular flexibility index (Phi) is 4.91. The van der Waals surface area contributed by atoms with E-state index >= 15 is 0 Å². The van der Waals surface area contributed by atoms with Crippen LogP contribution in [-0.4, -0.2) is 10.2 Å². The Bertz CT molecular complexity index is 1070. The number of rotatable bonds is 3. The van der Waals surface area contributed by atoms with Crippen molar-refractivity contribution in [2.45, 2.75) is 6.92 Å². The van der Waals surface area contributed by atoms with Crippen LogP contribution in [0, 0.1) is 6.92 Å². The summed E-state index contributed by atoms with van der Waals surface area (Å²) in [5.41, 5.74) is 2.78. The number of thiocarbonyl (C=S) groups is 1. The standard InChI is InChI=1S/C21H14ClNO2S2/c1-13-5-7-16(8-6-13)23-20(24)19(27-21(23)26)12-17-9-10-18(25-17)14-3-2-4-15(22)11-14/h2-12H,1H3. The Hall–Kier alpha value is -2.34. The third-order valence-electron chi connectivity index (χ3n) is 4.10. The number of anilines is 1. The number of hydrogen-bond acceptors (Lipinski definition) is 4. The minimum Gasteiger partial charge on any atom is -0.457 e. The molecule has 1 aliphatic heterocycles. The van der Waals surface area contributed by atoms with Crippen molar-refractivity contribution in [2.75, 3.05) is 4.90 Å². The third-order valence-corrected chi connectivity index (χ3v) is 5.63. The number of carbonyl (C=O) groups is 1. The molecule has 0 saturated carbocycles. The number of nitrogens with zero attached hydrogens (tertiary/aromatic N) is 1. The van der Waals surface area contributed by atoms with Gasteiger partial charge in [-0.3, -0.25) is 9.69 Å². The first kappa shape index (κ1) is 18.0. The van der Waals surface area contributed by atoms with Gasteiger partial charge in [0.25, 0.3) is 5.91 Å². The SMILES string of the molecule is Cc1ccc(N2C(=O)C(=Cc3ccc(-c4cccc(Cl)c4)o3)SC2=S)cc1. The average Bonchev–Trinajstić information content (AvgIpc) is 3.21. The molecule has 3 aromatic rings. The summed E-state index contributed by atoms with van der Waals surface area (Å²) in [5, 5.41) is 0.643. The van der Waals surface area contributed by atoms with Crippen LogP contribution < -0.4 is 4.90 Å². The van der Waals surface area contributed by atoms with E-state index in [2.05, 4.69) is 0 Å². The van der Waals surface area contributed by atoms with Gasteiger partial charge in [0.15, 0.2) is 4.32 Å². The van der Waals surface area contributed by atoms with Gasteiger partial charge in [-0.2, -0.15) is 0 Å². The largest absolute Gasteiger partial charge is 0.457 e. The summed E-state index contributed by atoms with van der Waals surface area (Å²) >= 11 is 12.7. The van der Waals surface area contributed by atoms with E-state index in [1.165, 1.54) is 11.8 Å². The highest BCUT2D eigenvalue weighted by atomic mass is 35.5. The van der Waals surface area contributed by atoms with Gasteiger partial charge in [-0.1, -0.05) is 65.4 Å². The predicted octanol–water partition coefficient (Wildman–Crippen LogP) is 6.31. The molecule has 1 aromatic heterocycles. The maximum atomic E-state index is 12.8. The monoisotopic (exact) mass is 411 g/mol. The molecule has 2 heterocycles. The lowest BCUT2D eigenvalue weighted by molar-refractivity contribution is -0.113. The molecule has 6 heteroatoms. The Morgan fingerprint density at radius 2 is 1.89 bits per heavy atom. The van der Waals surface area contributed by atoms with Crippen molar-refractivity contribution in [1.29, 1.82) is 0 Å². The molecule has 1 saturated heterocycles. The van der Waals surface area contributed by atoms with Gasteiger partial charge in [-0.05, 0) is 43.3 Å². The van der Waals surface area contributed by atoms with Crippen LogP contribution in [0.25, 0.3) is 17.4 Å². The smallest absolute Gasteiger partial charge is 0.270 e. The molecule has 1 amide bonds. The van der Waals surface area contributed by atoms with Crippen LogP contribution in [0.5, 0.6) is 0 Å². The molecular formula is C21H14ClNO2S2. The second-order valence-corrected chi connectivity index (χ2v) is 8.18. The summed E-state index contributed by atoms with van der Waals surface area (Å²) in [5.74, 6) is 1.14. The van der Waals surface area contributed by atoms with Gasteiger partial charge >= 0.3 is 0 Å². The number of furan rings is 1. The molecule has 27 heavy (non-hydrogen) atoms. The Labute approximate surface area is 171 Å². The number of thioether (sulfide) groups is 1. The summed E-state index contributed by atoms with van der Waals surface area (Å²) < 4.78 is 6.38. The molecule has 0 bridgehead atoms. The topological polar surface area (TPSA) is 33.5 Å². The second kappa shape index (κ2) is 7.35. The van der Waals surface area contributed by atoms with Crippen molar-refractivity contribution < 1.29 is 9.21 Å². The molecule has 2 aromatic carbocycles. The summed E-state index contributed by atoms with van der Waals surface area (Å²) in [7, 11) is 0. The first-order valence-electron chi connectivity index (χ1n) is 8.22. The fourth-order valence-corrected chi connectivity index (χ4v) is 4.21. The predicted molar refractivity (Wildman–Crippen MR) is 116 cm³/mol. The Morgan fingerprint density at radius 3 is 2.63 bits per heavy atom. The van der Waals surface area contributed by atoms with Crippen LogP contribution in [-0.2, 0) is 4.79 Å². The lowest BCUT2D eigenvalue weighted by Gasteiger charge is -2.14. The number of amides is 1. The van der Waals surface area contributed by atoms with Crippen LogP contribution in [0.4, 0.5) is 5.69 Å². The van der Waals surface area contributed by atoms with Gasteiger partial charge in [-0.15, -0.1) is 0 Å². The molecule has 0 spiro atoms. The molecule has 1 aliphatic rings. The Morgan fingerprint density at radius 1 is 1.11 bits per heavy atom. The van der Waals surface area contributed by atoms with Gasteiger partial charge < -0.3 is 4.42 Å². The first-order valence-corrected chi connectivity index (χ1v) is 9.82. The maximum Gasteiger partial charge on any atom is 0.270 e. The second-order valence-electron chi connectivity index (χ2n) is 6.07. The number of benzene rings is 2. The van der Waals surface area contributed by atoms with E-state index in [1.807, 2.05) is 67.6 Å². The van der Waals surface area contributed by atoms with Crippen molar-refractivity contribution in [3.05, 3.63) is 81.9 Å². The van der Waals surface area contributed by atoms with Crippen LogP contribution in [0.15, 0.2) is 70.0 Å². The quantitative estimate of drug-likeness (QED) is 0.373. The van der Waals surface area contributed by atoms with E-state index in [0.717, 1.165) is 16.8 Å². The highest BCUT2D eigenvalue weighted by Gasteiger charge is 2.33. The highest BCUT2D eigenvalue weighted by molar-refractivity contribution is 8.27. The van der Waals surface area contributed by atoms with Gasteiger partial charge in [0.05, 0.1) is 10.6 Å². The number of aryl methyl sites for hydroxylation is 1. The fraction of sp³-hybridized carbons (Fsp3) is 0.0476. The molecule has 0 unspecified atom stereocenters. The average molecular weight is 412 g/mol. The van der Waals surface area contributed by atoms with E-state index in [0.29, 0.717) is 25.8 Å². The fourth-order valence-electron chi connectivity index (χ4n) is 2.74. The zero-order chi connectivity index (χ0) is 19.0. The van der Waals surface area contributed by atoms with Crippen LogP contribution in [0.3, 0.4) is 0 Å². The van der Waals surface area contributed by atoms with E-state index < -0.39 is 0 Å². The molecule has 0 radical (unpaired) electrons. The summed E-state index contributed by atoms with van der Waals surface area (Å²) in [4.78, 5) is 14.9. The van der Waals surface area contributed by atoms with Crippen molar-refractivity contribution in [2.24, 2.45) is 0 Å². The molecule has 0 aliphatic carbocycles. The van der Waals surface area contributed by atoms with E-state index in [9.17, 15) is 4.79 Å². The molecule has 0 atom stereocenters. The Balaban J connectivity index is 1.61. The van der Waals surface area contributed by atoms with Crippen molar-refractivity contribution in [3.8, 4) is 11.3 Å². The van der Waals surface area contributed by atoms with Gasteiger partial charge in [-0.25, -0.2) is 0 Å². The lowest BCUT2D eigenvalue weighted by atomic mass is 10.2. The van der Waals surface area contributed by atoms with E-state index in [-0.39, 0.29) is 5.91 Å². The first-order chi connectivity index (χ1) is 13.0. The number of halogens is 1. The highest BCUT2D eigenvalue weighted by Crippen LogP contribution is 2.36. The van der Waals surface area contributed by atoms with Crippen molar-refractivity contribution in [3.63, 3.8) is 0 Å². The zero-order valence-corrected chi connectivity index (χ0v) is 16.7. The number of hydrogen-bond donors (Lipinski definition) is 0. The normalized spacial score (nSPS) is 15.8. The third kappa shape index (κ3) is 3.72. The van der Waals surface area contributed by atoms with Crippen LogP contribution in [0.1, 0.15) is 11.3 Å². The summed E-state index contributed by atoms with van der Waals surface area (Å²) in [6, 6.07) is 18.8. The molecule has 134 valence electrons. The van der Waals surface area contributed by atoms with Gasteiger partial charge in [0.1, 0.15) is 11.5 Å². The summed E-state index contributed by atoms with van der Waals surface area (Å²) in [6.45, 7) is 2.00. The minimum absolute atomic E-state index is 0.144. The van der Waals surface area contributed by atoms with Crippen LogP contribution >= 0.6 is 35.6 Å². The lowest BCUT2D eigenvalue weighted by Crippen LogP contribution is -2.27. The molecule has 0 N–H and O–H groups in total.